The van der Waals surface area contributed by atoms with Gasteiger partial charge in [-0.25, -0.2) is 8.42 Å². The van der Waals surface area contributed by atoms with E-state index in [0.717, 1.165) is 29.7 Å². The van der Waals surface area contributed by atoms with Crippen molar-refractivity contribution in [2.24, 2.45) is 17.3 Å². The van der Waals surface area contributed by atoms with Crippen molar-refractivity contribution in [3.05, 3.63) is 54.1 Å². The molecule has 2 aromatic carbocycles. The highest BCUT2D eigenvalue weighted by atomic mass is 32.2. The Morgan fingerprint density at radius 2 is 1.78 bits per heavy atom. The number of aliphatic hydroxyl groups is 1. The van der Waals surface area contributed by atoms with Gasteiger partial charge in [-0.2, -0.15) is 4.31 Å². The van der Waals surface area contributed by atoms with E-state index in [-0.39, 0.29) is 49.6 Å². The SMILES string of the molecule is CC(C)(CCCCNC(=O)CCC1CCCC1)CN(C[C@@H](O)[C@H](Cc1ccccc1)N(C(=O)[O-])[C@H]1CO[C@H]2OCC[C@H]21)S(=O)(=O)c1ccc2c(c1)OCO2. The molecule has 4 aliphatic rings. The normalized spacial score (nSPS) is 22.3. The molecule has 6 rings (SSSR count). The number of benzene rings is 2. The number of ether oxygens (including phenoxy) is 4. The maximum Gasteiger partial charge on any atom is 0.243 e. The van der Waals surface area contributed by atoms with Gasteiger partial charge in [-0.3, -0.25) is 4.79 Å². The Kier molecular flexibility index (Phi) is 13.4. The second-order valence-corrected chi connectivity index (χ2v) is 18.0. The lowest BCUT2D eigenvalue weighted by Gasteiger charge is -2.43. The Hall–Kier alpha value is -3.43. The second kappa shape index (κ2) is 18.0. The van der Waals surface area contributed by atoms with Crippen LogP contribution in [0.1, 0.15) is 83.6 Å². The molecule has 5 atom stereocenters. The number of hydrogen-bond acceptors (Lipinski definition) is 10. The van der Waals surface area contributed by atoms with Gasteiger partial charge in [-0.05, 0) is 61.1 Å². The highest BCUT2D eigenvalue weighted by Crippen LogP contribution is 2.38. The Bertz CT molecular complexity index is 1670. The van der Waals surface area contributed by atoms with Crippen molar-refractivity contribution in [2.75, 3.05) is 39.6 Å². The molecular weight excluding hydrogens is 715 g/mol. The van der Waals surface area contributed by atoms with Crippen LogP contribution >= 0.6 is 0 Å². The third kappa shape index (κ3) is 10.1. The lowest BCUT2D eigenvalue weighted by atomic mass is 9.87. The lowest BCUT2D eigenvalue weighted by Crippen LogP contribution is -2.61. The number of carboxylic acid groups (broad SMARTS) is 1. The molecule has 54 heavy (non-hydrogen) atoms. The summed E-state index contributed by atoms with van der Waals surface area (Å²) in [5.74, 6) is 1.24. The van der Waals surface area contributed by atoms with E-state index >= 15 is 0 Å². The van der Waals surface area contributed by atoms with Crippen LogP contribution in [0, 0.1) is 17.3 Å². The summed E-state index contributed by atoms with van der Waals surface area (Å²) in [5, 5.41) is 28.2. The number of amides is 2. The third-order valence-electron chi connectivity index (χ3n) is 11.5. The predicted octanol–water partition coefficient (Wildman–Crippen LogP) is 4.07. The molecule has 0 spiro atoms. The molecule has 0 unspecified atom stereocenters. The first-order chi connectivity index (χ1) is 25.9. The van der Waals surface area contributed by atoms with E-state index in [4.69, 9.17) is 18.9 Å². The van der Waals surface area contributed by atoms with E-state index in [2.05, 4.69) is 5.32 Å². The van der Waals surface area contributed by atoms with E-state index in [1.807, 2.05) is 44.2 Å². The quantitative estimate of drug-likeness (QED) is 0.199. The van der Waals surface area contributed by atoms with Crippen LogP contribution in [0.25, 0.3) is 0 Å². The minimum absolute atomic E-state index is 0.0206. The van der Waals surface area contributed by atoms with Gasteiger partial charge in [-0.1, -0.05) is 76.3 Å². The molecule has 0 radical (unpaired) electrons. The van der Waals surface area contributed by atoms with Crippen LogP contribution in [0.4, 0.5) is 4.79 Å². The van der Waals surface area contributed by atoms with Gasteiger partial charge in [0.25, 0.3) is 0 Å². The summed E-state index contributed by atoms with van der Waals surface area (Å²) in [6, 6.07) is 12.0. The first-order valence-electron chi connectivity index (χ1n) is 19.5. The number of aliphatic hydroxyl groups excluding tert-OH is 1. The largest absolute Gasteiger partial charge is 0.530 e. The minimum Gasteiger partial charge on any atom is -0.530 e. The standard InChI is InChI=1S/C40H57N3O10S/c1-40(2,19-8-9-20-41-37(45)17-14-28-10-6-7-11-28)26-42(54(48,49)30-15-16-35-36(23-30)53-27-52-35)24-34(44)32(22-29-12-4-3-5-13-29)43(39(46)47)33-25-51-38-31(33)18-21-50-38/h3-5,12-13,15-16,23,28,31-34,38,44H,6-11,14,17-22,24-27H2,1-2H3,(H,41,45)(H,46,47)/p-1/t31-,32-,33-,34+,38+/m0/s1. The topological polar surface area (TPSA) is 167 Å². The summed E-state index contributed by atoms with van der Waals surface area (Å²) in [4.78, 5) is 26.6. The molecule has 1 aliphatic carbocycles. The zero-order chi connectivity index (χ0) is 38.3. The van der Waals surface area contributed by atoms with Crippen molar-refractivity contribution in [1.29, 1.82) is 0 Å². The van der Waals surface area contributed by atoms with Gasteiger partial charge >= 0.3 is 0 Å². The predicted molar refractivity (Wildman–Crippen MR) is 198 cm³/mol. The summed E-state index contributed by atoms with van der Waals surface area (Å²) in [5.41, 5.74) is 0.230. The van der Waals surface area contributed by atoms with Gasteiger partial charge in [-0.15, -0.1) is 0 Å². The molecular formula is C40H56N3O10S-. The van der Waals surface area contributed by atoms with Gasteiger partial charge < -0.3 is 44.2 Å². The third-order valence-corrected chi connectivity index (χ3v) is 13.3. The number of fused-ring (bicyclic) bond motifs is 2. The molecule has 0 aromatic heterocycles. The van der Waals surface area contributed by atoms with Crippen LogP contribution in [0.2, 0.25) is 0 Å². The Balaban J connectivity index is 1.19. The summed E-state index contributed by atoms with van der Waals surface area (Å²) in [7, 11) is -4.24. The molecule has 3 fully saturated rings. The summed E-state index contributed by atoms with van der Waals surface area (Å²) in [6.07, 6.45) is 5.85. The first-order valence-corrected chi connectivity index (χ1v) is 21.0. The number of nitrogens with one attached hydrogen (secondary N) is 1. The number of hydrogen-bond donors (Lipinski definition) is 2. The van der Waals surface area contributed by atoms with Gasteiger partial charge in [0.2, 0.25) is 22.7 Å². The molecule has 0 bridgehead atoms. The lowest BCUT2D eigenvalue weighted by molar-refractivity contribution is -0.273. The fourth-order valence-corrected chi connectivity index (χ4v) is 10.2. The van der Waals surface area contributed by atoms with Crippen LogP contribution in [-0.2, 0) is 30.7 Å². The number of unbranched alkanes of at least 4 members (excludes halogenated alkanes) is 1. The van der Waals surface area contributed by atoms with E-state index in [9.17, 15) is 28.2 Å². The highest BCUT2D eigenvalue weighted by Gasteiger charge is 2.47. The van der Waals surface area contributed by atoms with Crippen LogP contribution < -0.4 is 19.9 Å². The van der Waals surface area contributed by atoms with Crippen LogP contribution in [0.5, 0.6) is 11.5 Å². The molecule has 2 saturated heterocycles. The number of sulfonamides is 1. The highest BCUT2D eigenvalue weighted by molar-refractivity contribution is 7.89. The zero-order valence-corrected chi connectivity index (χ0v) is 32.3. The van der Waals surface area contributed by atoms with E-state index in [1.54, 1.807) is 6.07 Å². The van der Waals surface area contributed by atoms with Crippen LogP contribution in [0.3, 0.4) is 0 Å². The second-order valence-electron chi connectivity index (χ2n) is 16.1. The maximum absolute atomic E-state index is 14.5. The Morgan fingerprint density at radius 3 is 2.54 bits per heavy atom. The summed E-state index contributed by atoms with van der Waals surface area (Å²) in [6.45, 7) is 4.67. The van der Waals surface area contributed by atoms with Crippen molar-refractivity contribution in [3.8, 4) is 11.5 Å². The number of carbonyl (C=O) groups is 2. The first kappa shape index (κ1) is 40.2. The molecule has 1 saturated carbocycles. The van der Waals surface area contributed by atoms with Gasteiger partial charge in [0.1, 0.15) is 6.09 Å². The molecule has 2 amide bonds. The molecule has 3 heterocycles. The van der Waals surface area contributed by atoms with E-state index in [0.29, 0.717) is 49.8 Å². The van der Waals surface area contributed by atoms with Crippen molar-refractivity contribution in [3.63, 3.8) is 0 Å². The van der Waals surface area contributed by atoms with E-state index < -0.39 is 46.0 Å². The maximum atomic E-state index is 14.5. The molecule has 2 N–H and O–H groups in total. The van der Waals surface area contributed by atoms with Gasteiger partial charge in [0, 0.05) is 38.0 Å². The average Bonchev–Trinajstić information content (AvgIpc) is 3.97. The molecule has 298 valence electrons. The van der Waals surface area contributed by atoms with Crippen molar-refractivity contribution in [1.82, 2.24) is 14.5 Å². The summed E-state index contributed by atoms with van der Waals surface area (Å²) < 4.78 is 52.7. The van der Waals surface area contributed by atoms with Crippen molar-refractivity contribution < 1.29 is 47.2 Å². The monoisotopic (exact) mass is 770 g/mol. The minimum atomic E-state index is -4.24. The van der Waals surface area contributed by atoms with Gasteiger partial charge in [0.15, 0.2) is 17.8 Å². The molecule has 13 nitrogen and oxygen atoms in total. The fraction of sp³-hybridized carbons (Fsp3) is 0.650. The number of rotatable bonds is 19. The van der Waals surface area contributed by atoms with Crippen LogP contribution in [-0.4, -0.2) is 98.8 Å². The number of carbonyl (C=O) groups excluding carboxylic acids is 2. The molecule has 3 aliphatic heterocycles. The van der Waals surface area contributed by atoms with Crippen molar-refractivity contribution in [2.45, 2.75) is 114 Å². The molecule has 14 heteroatoms. The summed E-state index contributed by atoms with van der Waals surface area (Å²) >= 11 is 0. The molecule has 2 aromatic rings. The Labute approximate surface area is 319 Å². The Morgan fingerprint density at radius 1 is 1.02 bits per heavy atom. The smallest absolute Gasteiger partial charge is 0.243 e. The van der Waals surface area contributed by atoms with Gasteiger partial charge in [0.05, 0.1) is 36.3 Å². The average molecular weight is 771 g/mol. The van der Waals surface area contributed by atoms with Crippen LogP contribution in [0.15, 0.2) is 53.4 Å². The zero-order valence-electron chi connectivity index (χ0n) is 31.5. The van der Waals surface area contributed by atoms with Crippen molar-refractivity contribution >= 4 is 22.0 Å². The fourth-order valence-electron chi connectivity index (χ4n) is 8.52. The van der Waals surface area contributed by atoms with E-state index in [1.165, 1.54) is 42.1 Å². The number of nitrogens with zero attached hydrogens (tertiary/aromatic N) is 2.